The Morgan fingerprint density at radius 2 is 1.70 bits per heavy atom. The van der Waals surface area contributed by atoms with Crippen LogP contribution in [0.25, 0.3) is 0 Å². The van der Waals surface area contributed by atoms with E-state index in [4.69, 9.17) is 14.2 Å². The number of fused-ring (bicyclic) bond motifs is 7. The summed E-state index contributed by atoms with van der Waals surface area (Å²) in [5, 5.41) is 11.2. The fourth-order valence-electron chi connectivity index (χ4n) is 10.9. The molecule has 2 aromatic rings. The number of ether oxygens (including phenoxy) is 3. The predicted molar refractivity (Wildman–Crippen MR) is 200 cm³/mol. The minimum absolute atomic E-state index is 0.0110. The summed E-state index contributed by atoms with van der Waals surface area (Å²) in [5.74, 6) is 0.737. The number of nitrogens with one attached hydrogen (secondary N) is 1. The SMILES string of the molecule is COC(=O)[C@]1(C)CC[C@]2(C)CC[C@]3(C)C4=CC=C5C(=CC(=O)C(OCC(=O)NCc6cn(Cc7ccc(OC)cc7)nn6)=C5C)[C@]4(C)CC[C@@]3(C)[C@@H]2C1. The third-order valence-corrected chi connectivity index (χ3v) is 14.4. The number of amides is 1. The highest BCUT2D eigenvalue weighted by atomic mass is 16.5. The van der Waals surface area contributed by atoms with Crippen molar-refractivity contribution in [3.8, 4) is 5.75 Å². The molecule has 282 valence electrons. The minimum Gasteiger partial charge on any atom is -0.497 e. The zero-order valence-electron chi connectivity index (χ0n) is 32.6. The molecule has 1 aromatic carbocycles. The van der Waals surface area contributed by atoms with Gasteiger partial charge in [0.2, 0.25) is 5.78 Å². The molecular formula is C43H54N4O6. The Morgan fingerprint density at radius 1 is 0.962 bits per heavy atom. The van der Waals surface area contributed by atoms with Crippen molar-refractivity contribution in [2.24, 2.45) is 33.0 Å². The van der Waals surface area contributed by atoms with Crippen LogP contribution in [0, 0.1) is 33.0 Å². The van der Waals surface area contributed by atoms with Crippen molar-refractivity contribution >= 4 is 17.7 Å². The molecule has 1 aromatic heterocycles. The number of ketones is 1. The summed E-state index contributed by atoms with van der Waals surface area (Å²) in [6.45, 7) is 14.2. The van der Waals surface area contributed by atoms with Gasteiger partial charge in [-0.05, 0) is 116 Å². The molecule has 53 heavy (non-hydrogen) atoms. The fraction of sp³-hybridized carbons (Fsp3) is 0.558. The summed E-state index contributed by atoms with van der Waals surface area (Å²) in [5.41, 5.74) is 5.16. The van der Waals surface area contributed by atoms with Crippen LogP contribution in [0.4, 0.5) is 0 Å². The average molecular weight is 723 g/mol. The van der Waals surface area contributed by atoms with Crippen molar-refractivity contribution in [2.45, 2.75) is 99.6 Å². The maximum absolute atomic E-state index is 13.8. The molecule has 0 aliphatic heterocycles. The van der Waals surface area contributed by atoms with Gasteiger partial charge in [-0.25, -0.2) is 4.68 Å². The molecule has 1 amide bonds. The number of hydrogen-bond donors (Lipinski definition) is 1. The summed E-state index contributed by atoms with van der Waals surface area (Å²) < 4.78 is 18.2. The number of benzene rings is 1. The molecule has 0 unspecified atom stereocenters. The predicted octanol–water partition coefficient (Wildman–Crippen LogP) is 7.21. The van der Waals surface area contributed by atoms with Gasteiger partial charge in [-0.3, -0.25) is 14.4 Å². The second-order valence-corrected chi connectivity index (χ2v) is 17.4. The van der Waals surface area contributed by atoms with Crippen molar-refractivity contribution in [2.75, 3.05) is 20.8 Å². The first-order chi connectivity index (χ1) is 25.1. The molecule has 0 bridgehead atoms. The van der Waals surface area contributed by atoms with E-state index in [1.165, 1.54) is 12.7 Å². The first kappa shape index (κ1) is 36.9. The number of allylic oxidation sites excluding steroid dienone is 7. The van der Waals surface area contributed by atoms with Crippen LogP contribution in [0.3, 0.4) is 0 Å². The standard InChI is InChI=1S/C43H54N4O6/c1-27-31-13-14-34-41(4,18-20-43(6)35-22-40(3,38(50)52-8)16-15-39(35,2)17-19-42(34,43)5)32(31)21-33(48)37(27)53-26-36(49)44-23-29-25-47(46-45-29)24-28-9-11-30(51-7)12-10-28/h9-14,21,25,35H,15-20,22-24,26H2,1-8H3,(H,44,49)/t35-,39-,40-,41+,42-,43+/m1/s1. The molecule has 10 heteroatoms. The van der Waals surface area contributed by atoms with E-state index >= 15 is 0 Å². The summed E-state index contributed by atoms with van der Waals surface area (Å²) in [7, 11) is 3.15. The van der Waals surface area contributed by atoms with Gasteiger partial charge in [0.05, 0.1) is 38.9 Å². The number of hydrogen-bond acceptors (Lipinski definition) is 8. The molecule has 6 atom stereocenters. The number of rotatable bonds is 9. The molecular weight excluding hydrogens is 668 g/mol. The zero-order chi connectivity index (χ0) is 38.0. The lowest BCUT2D eigenvalue weighted by atomic mass is 9.34. The number of aromatic nitrogens is 3. The van der Waals surface area contributed by atoms with Crippen molar-refractivity contribution in [1.82, 2.24) is 20.3 Å². The Labute approximate surface area is 313 Å². The fourth-order valence-corrected chi connectivity index (χ4v) is 10.9. The van der Waals surface area contributed by atoms with E-state index in [9.17, 15) is 14.4 Å². The maximum Gasteiger partial charge on any atom is 0.311 e. The smallest absolute Gasteiger partial charge is 0.311 e. The summed E-state index contributed by atoms with van der Waals surface area (Å²) in [4.78, 5) is 39.7. The molecule has 3 saturated carbocycles. The summed E-state index contributed by atoms with van der Waals surface area (Å²) in [6, 6.07) is 7.73. The van der Waals surface area contributed by atoms with Gasteiger partial charge in [0.1, 0.15) is 11.4 Å². The van der Waals surface area contributed by atoms with Crippen molar-refractivity contribution in [1.29, 1.82) is 0 Å². The highest BCUT2D eigenvalue weighted by molar-refractivity contribution is 6.07. The Morgan fingerprint density at radius 3 is 2.42 bits per heavy atom. The second kappa shape index (κ2) is 13.1. The van der Waals surface area contributed by atoms with Gasteiger partial charge in [-0.1, -0.05) is 62.8 Å². The number of carbonyl (C=O) groups excluding carboxylic acids is 3. The monoisotopic (exact) mass is 722 g/mol. The van der Waals surface area contributed by atoms with E-state index in [1.807, 2.05) is 31.2 Å². The van der Waals surface area contributed by atoms with Crippen LogP contribution in [-0.4, -0.2) is 53.5 Å². The number of carbonyl (C=O) groups is 3. The first-order valence-electron chi connectivity index (χ1n) is 19.0. The molecule has 10 nitrogen and oxygen atoms in total. The van der Waals surface area contributed by atoms with Crippen molar-refractivity contribution < 1.29 is 28.6 Å². The molecule has 5 aliphatic rings. The average Bonchev–Trinajstić information content (AvgIpc) is 3.59. The van der Waals surface area contributed by atoms with E-state index < -0.39 is 5.41 Å². The summed E-state index contributed by atoms with van der Waals surface area (Å²) in [6.07, 6.45) is 14.9. The van der Waals surface area contributed by atoms with E-state index in [-0.39, 0.29) is 58.2 Å². The molecule has 0 saturated heterocycles. The highest BCUT2D eigenvalue weighted by Crippen LogP contribution is 2.75. The van der Waals surface area contributed by atoms with Gasteiger partial charge in [0.25, 0.3) is 5.91 Å². The third-order valence-electron chi connectivity index (χ3n) is 14.4. The quantitative estimate of drug-likeness (QED) is 0.270. The van der Waals surface area contributed by atoms with Crippen LogP contribution < -0.4 is 10.1 Å². The number of methoxy groups -OCH3 is 2. The Balaban J connectivity index is 1.05. The van der Waals surface area contributed by atoms with Gasteiger partial charge in [-0.2, -0.15) is 0 Å². The van der Waals surface area contributed by atoms with Gasteiger partial charge < -0.3 is 19.5 Å². The first-order valence-corrected chi connectivity index (χ1v) is 19.0. The lowest BCUT2D eigenvalue weighted by molar-refractivity contribution is -0.180. The largest absolute Gasteiger partial charge is 0.497 e. The van der Waals surface area contributed by atoms with Crippen LogP contribution in [0.5, 0.6) is 5.75 Å². The lowest BCUT2D eigenvalue weighted by Gasteiger charge is -2.70. The van der Waals surface area contributed by atoms with Gasteiger partial charge in [-0.15, -0.1) is 5.10 Å². The second-order valence-electron chi connectivity index (χ2n) is 17.4. The van der Waals surface area contributed by atoms with E-state index in [1.54, 1.807) is 24.1 Å². The van der Waals surface area contributed by atoms with Crippen LogP contribution >= 0.6 is 0 Å². The lowest BCUT2D eigenvalue weighted by Crippen LogP contribution is -2.62. The number of nitrogens with zero attached hydrogens (tertiary/aromatic N) is 3. The molecule has 3 fully saturated rings. The normalized spacial score (nSPS) is 33.2. The maximum atomic E-state index is 13.8. The molecule has 7 rings (SSSR count). The van der Waals surface area contributed by atoms with Crippen LogP contribution in [-0.2, 0) is 36.9 Å². The third kappa shape index (κ3) is 5.96. The molecule has 0 spiro atoms. The van der Waals surface area contributed by atoms with E-state index in [0.29, 0.717) is 18.2 Å². The molecule has 1 heterocycles. The topological polar surface area (TPSA) is 122 Å². The van der Waals surface area contributed by atoms with Crippen molar-refractivity contribution in [3.05, 3.63) is 88.0 Å². The van der Waals surface area contributed by atoms with Crippen LogP contribution in [0.2, 0.25) is 0 Å². The van der Waals surface area contributed by atoms with Gasteiger partial charge in [0, 0.05) is 11.0 Å². The summed E-state index contributed by atoms with van der Waals surface area (Å²) >= 11 is 0. The molecule has 5 aliphatic carbocycles. The Bertz CT molecular complexity index is 1970. The van der Waals surface area contributed by atoms with Crippen LogP contribution in [0.1, 0.15) is 97.7 Å². The highest BCUT2D eigenvalue weighted by Gasteiger charge is 2.67. The van der Waals surface area contributed by atoms with Gasteiger partial charge in [0.15, 0.2) is 12.4 Å². The number of esters is 1. The zero-order valence-corrected chi connectivity index (χ0v) is 32.6. The van der Waals surface area contributed by atoms with E-state index in [0.717, 1.165) is 73.0 Å². The van der Waals surface area contributed by atoms with E-state index in [2.05, 4.69) is 62.4 Å². The van der Waals surface area contributed by atoms with Gasteiger partial charge >= 0.3 is 5.97 Å². The van der Waals surface area contributed by atoms with Crippen LogP contribution in [0.15, 0.2) is 76.7 Å². The Kier molecular flexibility index (Phi) is 9.13. The molecule has 1 N–H and O–H groups in total. The van der Waals surface area contributed by atoms with Crippen molar-refractivity contribution in [3.63, 3.8) is 0 Å². The Hall–Kier alpha value is -4.47. The molecule has 0 radical (unpaired) electrons. The minimum atomic E-state index is -0.471.